The second-order valence-electron chi connectivity index (χ2n) is 5.27. The smallest absolute Gasteiger partial charge is 0.264 e. The first-order valence-corrected chi connectivity index (χ1v) is 7.93. The molecule has 0 radical (unpaired) electrons. The van der Waals surface area contributed by atoms with Gasteiger partial charge in [-0.2, -0.15) is 5.10 Å². The summed E-state index contributed by atoms with van der Waals surface area (Å²) >= 11 is 6.18. The molecule has 0 aliphatic rings. The van der Waals surface area contributed by atoms with Gasteiger partial charge in [0, 0.05) is 13.7 Å². The van der Waals surface area contributed by atoms with Crippen molar-refractivity contribution in [3.63, 3.8) is 0 Å². The molecule has 3 aromatic rings. The van der Waals surface area contributed by atoms with Gasteiger partial charge in [-0.25, -0.2) is 9.67 Å². The number of amides is 1. The lowest BCUT2D eigenvalue weighted by atomic mass is 10.3. The van der Waals surface area contributed by atoms with E-state index in [1.165, 1.54) is 21.8 Å². The van der Waals surface area contributed by atoms with Crippen LogP contribution in [0.1, 0.15) is 0 Å². The third-order valence-corrected chi connectivity index (χ3v) is 3.90. The van der Waals surface area contributed by atoms with Crippen LogP contribution in [0.3, 0.4) is 0 Å². The number of nitrogens with one attached hydrogen (secondary N) is 1. The van der Waals surface area contributed by atoms with Gasteiger partial charge >= 0.3 is 0 Å². The number of hydrogen-bond donors (Lipinski definition) is 1. The van der Waals surface area contributed by atoms with E-state index in [0.29, 0.717) is 34.9 Å². The lowest BCUT2D eigenvalue weighted by Crippen LogP contribution is -2.34. The molecule has 0 unspecified atom stereocenters. The van der Waals surface area contributed by atoms with Crippen molar-refractivity contribution in [2.45, 2.75) is 6.54 Å². The molecular formula is C16H16ClN5O3. The zero-order valence-electron chi connectivity index (χ0n) is 13.5. The second-order valence-corrected chi connectivity index (χ2v) is 5.67. The highest BCUT2D eigenvalue weighted by molar-refractivity contribution is 6.32. The van der Waals surface area contributed by atoms with Gasteiger partial charge in [0.05, 0.1) is 23.5 Å². The molecule has 2 heterocycles. The van der Waals surface area contributed by atoms with E-state index in [2.05, 4.69) is 15.4 Å². The molecule has 0 aliphatic carbocycles. The molecular weight excluding hydrogens is 346 g/mol. The number of methoxy groups -OCH3 is 1. The molecule has 8 nitrogen and oxygen atoms in total. The molecule has 0 saturated carbocycles. The van der Waals surface area contributed by atoms with Gasteiger partial charge in [0.1, 0.15) is 18.3 Å². The second kappa shape index (κ2) is 7.45. The summed E-state index contributed by atoms with van der Waals surface area (Å²) in [5, 5.41) is 7.67. The van der Waals surface area contributed by atoms with Crippen molar-refractivity contribution in [1.29, 1.82) is 0 Å². The molecule has 25 heavy (non-hydrogen) atoms. The summed E-state index contributed by atoms with van der Waals surface area (Å²) in [6, 6.07) is 7.14. The quantitative estimate of drug-likeness (QED) is 0.661. The van der Waals surface area contributed by atoms with Crippen LogP contribution in [-0.2, 0) is 16.1 Å². The van der Waals surface area contributed by atoms with Gasteiger partial charge in [0.2, 0.25) is 5.91 Å². The highest BCUT2D eigenvalue weighted by atomic mass is 35.5. The summed E-state index contributed by atoms with van der Waals surface area (Å²) in [4.78, 5) is 28.7. The predicted molar refractivity (Wildman–Crippen MR) is 93.0 cm³/mol. The number of carbonyl (C=O) groups is 1. The highest BCUT2D eigenvalue weighted by Gasteiger charge is 2.14. The number of hydrogen-bond acceptors (Lipinski definition) is 5. The van der Waals surface area contributed by atoms with Gasteiger partial charge in [0.25, 0.3) is 5.56 Å². The topological polar surface area (TPSA) is 91.0 Å². The van der Waals surface area contributed by atoms with E-state index in [4.69, 9.17) is 16.3 Å². The largest absolute Gasteiger partial charge is 0.383 e. The molecule has 3 rings (SSSR count). The Labute approximate surface area is 148 Å². The molecule has 1 amide bonds. The average Bonchev–Trinajstić information content (AvgIpc) is 3.03. The van der Waals surface area contributed by atoms with Gasteiger partial charge in [-0.1, -0.05) is 23.7 Å². The van der Waals surface area contributed by atoms with Crippen molar-refractivity contribution in [1.82, 2.24) is 24.6 Å². The van der Waals surface area contributed by atoms with Crippen molar-refractivity contribution >= 4 is 28.5 Å². The molecule has 9 heteroatoms. The van der Waals surface area contributed by atoms with Crippen molar-refractivity contribution in [2.75, 3.05) is 20.3 Å². The molecule has 1 aromatic carbocycles. The van der Waals surface area contributed by atoms with Crippen LogP contribution in [0.15, 0.2) is 41.6 Å². The number of aromatic nitrogens is 4. The molecule has 0 spiro atoms. The SMILES string of the molecule is COCCNC(=O)Cn1cnc2c(cnn2-c2ccccc2Cl)c1=O. The van der Waals surface area contributed by atoms with E-state index in [9.17, 15) is 9.59 Å². The number of para-hydroxylation sites is 1. The monoisotopic (exact) mass is 361 g/mol. The minimum Gasteiger partial charge on any atom is -0.383 e. The van der Waals surface area contributed by atoms with Gasteiger partial charge in [-0.15, -0.1) is 0 Å². The number of rotatable bonds is 6. The van der Waals surface area contributed by atoms with E-state index in [1.807, 2.05) is 6.07 Å². The Kier molecular flexibility index (Phi) is 5.11. The third-order valence-electron chi connectivity index (χ3n) is 3.58. The molecule has 0 bridgehead atoms. The number of nitrogens with zero attached hydrogens (tertiary/aromatic N) is 4. The summed E-state index contributed by atoms with van der Waals surface area (Å²) in [5.41, 5.74) is 0.667. The van der Waals surface area contributed by atoms with Crippen LogP contribution in [0.4, 0.5) is 0 Å². The molecule has 1 N–H and O–H groups in total. The van der Waals surface area contributed by atoms with Crippen LogP contribution in [-0.4, -0.2) is 45.5 Å². The number of halogens is 1. The zero-order valence-corrected chi connectivity index (χ0v) is 14.2. The van der Waals surface area contributed by atoms with Crippen molar-refractivity contribution < 1.29 is 9.53 Å². The zero-order chi connectivity index (χ0) is 17.8. The maximum atomic E-state index is 12.6. The molecule has 2 aromatic heterocycles. The minimum absolute atomic E-state index is 0.122. The Morgan fingerprint density at radius 3 is 2.92 bits per heavy atom. The summed E-state index contributed by atoms with van der Waals surface area (Å²) in [7, 11) is 1.55. The van der Waals surface area contributed by atoms with Crippen LogP contribution < -0.4 is 10.9 Å². The summed E-state index contributed by atoms with van der Waals surface area (Å²) in [6.45, 7) is 0.662. The lowest BCUT2D eigenvalue weighted by molar-refractivity contribution is -0.121. The van der Waals surface area contributed by atoms with Crippen LogP contribution in [0.5, 0.6) is 0 Å². The number of carbonyl (C=O) groups excluding carboxylic acids is 1. The predicted octanol–water partition coefficient (Wildman–Crippen LogP) is 0.998. The average molecular weight is 362 g/mol. The Hall–Kier alpha value is -2.71. The standard InChI is InChI=1S/C16H16ClN5O3/c1-25-7-6-18-14(23)9-21-10-19-15-11(16(21)24)8-20-22(15)13-5-3-2-4-12(13)17/h2-5,8,10H,6-7,9H2,1H3,(H,18,23). The fraction of sp³-hybridized carbons (Fsp3) is 0.250. The van der Waals surface area contributed by atoms with E-state index in [1.54, 1.807) is 25.3 Å². The molecule has 0 fully saturated rings. The van der Waals surface area contributed by atoms with Crippen LogP contribution in [0.25, 0.3) is 16.7 Å². The maximum absolute atomic E-state index is 12.6. The summed E-state index contributed by atoms with van der Waals surface area (Å²) in [6.07, 6.45) is 2.75. The lowest BCUT2D eigenvalue weighted by Gasteiger charge is -2.08. The fourth-order valence-corrected chi connectivity index (χ4v) is 2.58. The van der Waals surface area contributed by atoms with Gasteiger partial charge in [-0.3, -0.25) is 14.2 Å². The maximum Gasteiger partial charge on any atom is 0.264 e. The van der Waals surface area contributed by atoms with Gasteiger partial charge < -0.3 is 10.1 Å². The first kappa shape index (κ1) is 17.1. The number of fused-ring (bicyclic) bond motifs is 1. The fourth-order valence-electron chi connectivity index (χ4n) is 2.36. The summed E-state index contributed by atoms with van der Waals surface area (Å²) in [5.74, 6) is -0.293. The molecule has 130 valence electrons. The first-order valence-electron chi connectivity index (χ1n) is 7.55. The third kappa shape index (κ3) is 3.54. The normalized spacial score (nSPS) is 11.0. The Bertz CT molecular complexity index is 966. The van der Waals surface area contributed by atoms with E-state index < -0.39 is 0 Å². The molecule has 0 aliphatic heterocycles. The number of ether oxygens (including phenoxy) is 1. The van der Waals surface area contributed by atoms with E-state index >= 15 is 0 Å². The highest BCUT2D eigenvalue weighted by Crippen LogP contribution is 2.21. The molecule has 0 atom stereocenters. The van der Waals surface area contributed by atoms with Gasteiger partial charge in [-0.05, 0) is 12.1 Å². The van der Waals surface area contributed by atoms with Crippen LogP contribution >= 0.6 is 11.6 Å². The van der Waals surface area contributed by atoms with Gasteiger partial charge in [0.15, 0.2) is 5.65 Å². The van der Waals surface area contributed by atoms with Crippen LogP contribution in [0, 0.1) is 0 Å². The summed E-state index contributed by atoms with van der Waals surface area (Å²) < 4.78 is 7.60. The Morgan fingerprint density at radius 2 is 2.16 bits per heavy atom. The van der Waals surface area contributed by atoms with E-state index in [0.717, 1.165) is 0 Å². The minimum atomic E-state index is -0.342. The molecule has 0 saturated heterocycles. The van der Waals surface area contributed by atoms with Crippen molar-refractivity contribution in [3.05, 3.63) is 52.2 Å². The van der Waals surface area contributed by atoms with Crippen molar-refractivity contribution in [3.8, 4) is 5.69 Å². The Morgan fingerprint density at radius 1 is 1.36 bits per heavy atom. The Balaban J connectivity index is 1.91. The van der Waals surface area contributed by atoms with E-state index in [-0.39, 0.29) is 18.0 Å². The number of benzene rings is 1. The first-order chi connectivity index (χ1) is 12.1. The van der Waals surface area contributed by atoms with Crippen molar-refractivity contribution in [2.24, 2.45) is 0 Å². The van der Waals surface area contributed by atoms with Crippen LogP contribution in [0.2, 0.25) is 5.02 Å².